The second-order valence-corrected chi connectivity index (χ2v) is 6.56. The van der Waals surface area contributed by atoms with Crippen molar-refractivity contribution in [2.75, 3.05) is 5.32 Å². The van der Waals surface area contributed by atoms with E-state index < -0.39 is 0 Å². The van der Waals surface area contributed by atoms with Gasteiger partial charge in [0.1, 0.15) is 5.82 Å². The molecule has 2 rings (SSSR count). The Bertz CT molecular complexity index is 715. The van der Waals surface area contributed by atoms with Crippen molar-refractivity contribution < 1.29 is 9.59 Å². The molecule has 2 aromatic rings. The Morgan fingerprint density at radius 3 is 2.38 bits per heavy atom. The van der Waals surface area contributed by atoms with Crippen molar-refractivity contribution in [2.45, 2.75) is 40.0 Å². The standard InChI is InChI=1S/C19H25N3O2/c1-13(2)11-15-5-7-16(8-6-15)17(23)9-10-19(24)20-18-12-14(3)21-22(18)4/h5-8,12-13H,9-11H2,1-4H3,(H,20,24). The normalized spacial score (nSPS) is 10.9. The smallest absolute Gasteiger partial charge is 0.225 e. The maximum absolute atomic E-state index is 12.2. The summed E-state index contributed by atoms with van der Waals surface area (Å²) in [5.74, 6) is 1.04. The molecule has 1 amide bonds. The van der Waals surface area contributed by atoms with Gasteiger partial charge in [-0.2, -0.15) is 5.10 Å². The lowest BCUT2D eigenvalue weighted by atomic mass is 9.99. The highest BCUT2D eigenvalue weighted by atomic mass is 16.2. The molecule has 128 valence electrons. The molecule has 1 aromatic carbocycles. The Morgan fingerprint density at radius 2 is 1.83 bits per heavy atom. The Hall–Kier alpha value is -2.43. The molecular weight excluding hydrogens is 302 g/mol. The number of nitrogens with one attached hydrogen (secondary N) is 1. The number of Topliss-reactive ketones (excluding diaryl/α,β-unsaturated/α-hetero) is 1. The van der Waals surface area contributed by atoms with E-state index in [0.717, 1.165) is 12.1 Å². The fraction of sp³-hybridized carbons (Fsp3) is 0.421. The predicted molar refractivity (Wildman–Crippen MR) is 95.1 cm³/mol. The Kier molecular flexibility index (Phi) is 5.90. The van der Waals surface area contributed by atoms with E-state index in [1.165, 1.54) is 5.56 Å². The van der Waals surface area contributed by atoms with E-state index in [0.29, 0.717) is 17.3 Å². The number of ketones is 1. The van der Waals surface area contributed by atoms with Gasteiger partial charge in [0, 0.05) is 31.5 Å². The molecule has 24 heavy (non-hydrogen) atoms. The van der Waals surface area contributed by atoms with E-state index in [1.807, 2.05) is 31.2 Å². The van der Waals surface area contributed by atoms with Crippen LogP contribution in [0.3, 0.4) is 0 Å². The third-order valence-corrected chi connectivity index (χ3v) is 3.77. The quantitative estimate of drug-likeness (QED) is 0.791. The topological polar surface area (TPSA) is 64.0 Å². The summed E-state index contributed by atoms with van der Waals surface area (Å²) < 4.78 is 1.61. The zero-order valence-corrected chi connectivity index (χ0v) is 14.8. The molecule has 0 saturated heterocycles. The van der Waals surface area contributed by atoms with E-state index in [1.54, 1.807) is 17.8 Å². The number of hydrogen-bond donors (Lipinski definition) is 1. The summed E-state index contributed by atoms with van der Waals surface area (Å²) in [6, 6.07) is 9.48. The van der Waals surface area contributed by atoms with Gasteiger partial charge in [-0.05, 0) is 24.8 Å². The fourth-order valence-corrected chi connectivity index (χ4v) is 2.60. The van der Waals surface area contributed by atoms with Crippen molar-refractivity contribution in [2.24, 2.45) is 13.0 Å². The van der Waals surface area contributed by atoms with Crippen LogP contribution in [0.5, 0.6) is 0 Å². The van der Waals surface area contributed by atoms with Crippen molar-refractivity contribution in [1.29, 1.82) is 0 Å². The lowest BCUT2D eigenvalue weighted by molar-refractivity contribution is -0.116. The molecule has 0 aliphatic rings. The van der Waals surface area contributed by atoms with E-state index in [-0.39, 0.29) is 24.5 Å². The van der Waals surface area contributed by atoms with E-state index in [4.69, 9.17) is 0 Å². The highest BCUT2D eigenvalue weighted by Gasteiger charge is 2.11. The lowest BCUT2D eigenvalue weighted by Gasteiger charge is -2.07. The molecule has 0 atom stereocenters. The Balaban J connectivity index is 1.86. The molecule has 0 bridgehead atoms. The van der Waals surface area contributed by atoms with E-state index in [2.05, 4.69) is 24.3 Å². The third kappa shape index (κ3) is 5.05. The molecule has 5 heteroatoms. The average molecular weight is 327 g/mol. The summed E-state index contributed by atoms with van der Waals surface area (Å²) in [5, 5.41) is 6.95. The van der Waals surface area contributed by atoms with Crippen LogP contribution in [0, 0.1) is 12.8 Å². The highest BCUT2D eigenvalue weighted by Crippen LogP contribution is 2.13. The first-order chi connectivity index (χ1) is 11.3. The molecule has 0 aliphatic carbocycles. The first kappa shape index (κ1) is 17.9. The molecule has 0 radical (unpaired) electrons. The molecule has 5 nitrogen and oxygen atoms in total. The number of carbonyl (C=O) groups is 2. The van der Waals surface area contributed by atoms with Gasteiger partial charge in [-0.15, -0.1) is 0 Å². The van der Waals surface area contributed by atoms with Gasteiger partial charge in [0.2, 0.25) is 5.91 Å². The van der Waals surface area contributed by atoms with Crippen LogP contribution >= 0.6 is 0 Å². The molecule has 0 fully saturated rings. The molecule has 1 aromatic heterocycles. The van der Waals surface area contributed by atoms with Crippen molar-refractivity contribution in [1.82, 2.24) is 9.78 Å². The summed E-state index contributed by atoms with van der Waals surface area (Å²) in [5.41, 5.74) is 2.72. The summed E-state index contributed by atoms with van der Waals surface area (Å²) in [4.78, 5) is 24.2. The number of carbonyl (C=O) groups excluding carboxylic acids is 2. The number of nitrogens with zero attached hydrogens (tertiary/aromatic N) is 2. The molecule has 0 saturated carbocycles. The summed E-state index contributed by atoms with van der Waals surface area (Å²) in [7, 11) is 1.77. The number of hydrogen-bond acceptors (Lipinski definition) is 3. The van der Waals surface area contributed by atoms with Crippen LogP contribution in [0.2, 0.25) is 0 Å². The Labute approximate surface area is 143 Å². The molecular formula is C19H25N3O2. The van der Waals surface area contributed by atoms with Crippen LogP contribution in [0.4, 0.5) is 5.82 Å². The van der Waals surface area contributed by atoms with E-state index >= 15 is 0 Å². The number of amides is 1. The first-order valence-electron chi connectivity index (χ1n) is 8.28. The summed E-state index contributed by atoms with van der Waals surface area (Å²) in [6.07, 6.45) is 1.37. The third-order valence-electron chi connectivity index (χ3n) is 3.77. The maximum Gasteiger partial charge on any atom is 0.225 e. The largest absolute Gasteiger partial charge is 0.311 e. The SMILES string of the molecule is Cc1cc(NC(=O)CCC(=O)c2ccc(CC(C)C)cc2)n(C)n1. The molecule has 0 unspecified atom stereocenters. The zero-order chi connectivity index (χ0) is 17.7. The zero-order valence-electron chi connectivity index (χ0n) is 14.8. The number of anilines is 1. The maximum atomic E-state index is 12.2. The van der Waals surface area contributed by atoms with Gasteiger partial charge in [-0.25, -0.2) is 0 Å². The number of aryl methyl sites for hydroxylation is 2. The van der Waals surface area contributed by atoms with Crippen LogP contribution in [0.25, 0.3) is 0 Å². The van der Waals surface area contributed by atoms with Gasteiger partial charge in [0.05, 0.1) is 5.69 Å². The van der Waals surface area contributed by atoms with Crippen LogP contribution in [0.1, 0.15) is 48.3 Å². The van der Waals surface area contributed by atoms with Gasteiger partial charge in [-0.3, -0.25) is 14.3 Å². The van der Waals surface area contributed by atoms with Crippen molar-refractivity contribution in [3.05, 3.63) is 47.2 Å². The second kappa shape index (κ2) is 7.90. The molecule has 0 aliphatic heterocycles. The van der Waals surface area contributed by atoms with Crippen molar-refractivity contribution >= 4 is 17.5 Å². The van der Waals surface area contributed by atoms with Crippen LogP contribution in [-0.2, 0) is 18.3 Å². The first-order valence-corrected chi connectivity index (χ1v) is 8.28. The van der Waals surface area contributed by atoms with E-state index in [9.17, 15) is 9.59 Å². The summed E-state index contributed by atoms with van der Waals surface area (Å²) in [6.45, 7) is 6.20. The fourth-order valence-electron chi connectivity index (χ4n) is 2.60. The van der Waals surface area contributed by atoms with Crippen molar-refractivity contribution in [3.63, 3.8) is 0 Å². The molecule has 0 spiro atoms. The minimum atomic E-state index is -0.178. The predicted octanol–water partition coefficient (Wildman–Crippen LogP) is 3.53. The number of rotatable bonds is 7. The van der Waals surface area contributed by atoms with Crippen LogP contribution < -0.4 is 5.32 Å². The van der Waals surface area contributed by atoms with Gasteiger partial charge >= 0.3 is 0 Å². The lowest BCUT2D eigenvalue weighted by Crippen LogP contribution is -2.15. The summed E-state index contributed by atoms with van der Waals surface area (Å²) >= 11 is 0. The number of benzene rings is 1. The second-order valence-electron chi connectivity index (χ2n) is 6.56. The molecule has 1 N–H and O–H groups in total. The van der Waals surface area contributed by atoms with Crippen LogP contribution in [0.15, 0.2) is 30.3 Å². The number of aromatic nitrogens is 2. The monoisotopic (exact) mass is 327 g/mol. The molecule has 1 heterocycles. The minimum absolute atomic E-state index is 0.0116. The minimum Gasteiger partial charge on any atom is -0.311 e. The van der Waals surface area contributed by atoms with Gasteiger partial charge in [0.25, 0.3) is 0 Å². The average Bonchev–Trinajstić information content (AvgIpc) is 2.82. The van der Waals surface area contributed by atoms with Crippen molar-refractivity contribution in [3.8, 4) is 0 Å². The van der Waals surface area contributed by atoms with Crippen LogP contribution in [-0.4, -0.2) is 21.5 Å². The highest BCUT2D eigenvalue weighted by molar-refractivity contribution is 5.99. The Morgan fingerprint density at radius 1 is 1.17 bits per heavy atom. The van der Waals surface area contributed by atoms with Gasteiger partial charge < -0.3 is 5.32 Å². The van der Waals surface area contributed by atoms with Gasteiger partial charge in [-0.1, -0.05) is 38.1 Å². The van der Waals surface area contributed by atoms with Gasteiger partial charge in [0.15, 0.2) is 5.78 Å².